The smallest absolute Gasteiger partial charge is 0.440 e. The van der Waals surface area contributed by atoms with Gasteiger partial charge in [0.1, 0.15) is 0 Å². The molecule has 0 spiro atoms. The van der Waals surface area contributed by atoms with Crippen molar-refractivity contribution in [2.24, 2.45) is 14.1 Å². The molecule has 112 valence electrons. The van der Waals surface area contributed by atoms with Crippen molar-refractivity contribution in [2.75, 3.05) is 0 Å². The minimum absolute atomic E-state index is 0.0333. The first kappa shape index (κ1) is 13.7. The lowest BCUT2D eigenvalue weighted by molar-refractivity contribution is -0.603. The van der Waals surface area contributed by atoms with Gasteiger partial charge in [0.25, 0.3) is 5.82 Å². The molecule has 0 bridgehead atoms. The fourth-order valence-corrected chi connectivity index (χ4v) is 2.10. The predicted molar refractivity (Wildman–Crippen MR) is 68.2 cm³/mol. The molecule has 2 aliphatic heterocycles. The van der Waals surface area contributed by atoms with Crippen LogP contribution in [0.5, 0.6) is 5.88 Å². The third-order valence-corrected chi connectivity index (χ3v) is 3.30. The normalized spacial score (nSPS) is 11.0. The minimum Gasteiger partial charge on any atom is -0.857 e. The maximum absolute atomic E-state index is 12.1. The van der Waals surface area contributed by atoms with E-state index < -0.39 is 17.5 Å². The van der Waals surface area contributed by atoms with E-state index in [0.717, 1.165) is 4.57 Å². The first-order valence-corrected chi connectivity index (χ1v) is 6.23. The van der Waals surface area contributed by atoms with Gasteiger partial charge in [-0.3, -0.25) is 4.57 Å². The van der Waals surface area contributed by atoms with Crippen LogP contribution in [-0.2, 0) is 14.1 Å². The number of fused-ring (bicyclic) bond motifs is 1. The number of nitrogens with zero attached hydrogens (tertiary/aromatic N) is 5. The van der Waals surface area contributed by atoms with Gasteiger partial charge < -0.3 is 19.6 Å². The topological polar surface area (TPSA) is 120 Å². The van der Waals surface area contributed by atoms with Gasteiger partial charge >= 0.3 is 11.6 Å². The molecule has 0 radical (unpaired) electrons. The van der Waals surface area contributed by atoms with E-state index >= 15 is 0 Å². The van der Waals surface area contributed by atoms with Crippen LogP contribution in [0.4, 0.5) is 0 Å². The van der Waals surface area contributed by atoms with E-state index in [0.29, 0.717) is 0 Å². The summed E-state index contributed by atoms with van der Waals surface area (Å²) in [6.45, 7) is 0. The zero-order chi connectivity index (χ0) is 16.0. The lowest BCUT2D eigenvalue weighted by atomic mass is 10.3. The molecule has 0 saturated carbocycles. The maximum Gasteiger partial charge on any atom is 0.440 e. The van der Waals surface area contributed by atoms with E-state index in [9.17, 15) is 19.8 Å². The summed E-state index contributed by atoms with van der Waals surface area (Å²) in [7, 11) is 2.83. The summed E-state index contributed by atoms with van der Waals surface area (Å²) >= 11 is 0. The number of imidazole rings is 1. The van der Waals surface area contributed by atoms with Crippen molar-refractivity contribution in [3.63, 3.8) is 0 Å². The Kier molecular flexibility index (Phi) is 2.91. The molecule has 0 aliphatic carbocycles. The fourth-order valence-electron chi connectivity index (χ4n) is 2.10. The number of pyridine rings is 1. The monoisotopic (exact) mass is 300 g/mol. The first-order chi connectivity index (χ1) is 10.4. The fraction of sp³-hybridized carbons (Fsp3) is 0.154. The van der Waals surface area contributed by atoms with Gasteiger partial charge in [-0.05, 0) is 17.1 Å². The molecule has 9 nitrogen and oxygen atoms in total. The van der Waals surface area contributed by atoms with E-state index in [1.165, 1.54) is 47.8 Å². The number of carboxylic acid groups (broad SMARTS) is 1. The Morgan fingerprint density at radius 3 is 2.68 bits per heavy atom. The summed E-state index contributed by atoms with van der Waals surface area (Å²) in [4.78, 5) is 31.0. The Hall–Kier alpha value is -3.23. The number of rotatable bonds is 2. The molecule has 3 heterocycles. The van der Waals surface area contributed by atoms with Crippen molar-refractivity contribution in [1.82, 2.24) is 19.1 Å². The van der Waals surface area contributed by atoms with Gasteiger partial charge in [-0.25, -0.2) is 9.36 Å². The van der Waals surface area contributed by atoms with Crippen LogP contribution < -0.4 is 20.5 Å². The second-order valence-electron chi connectivity index (χ2n) is 4.69. The third kappa shape index (κ3) is 1.91. The van der Waals surface area contributed by atoms with Crippen LogP contribution in [0.2, 0.25) is 0 Å². The van der Waals surface area contributed by atoms with E-state index in [4.69, 9.17) is 0 Å². The first-order valence-electron chi connectivity index (χ1n) is 6.23. The summed E-state index contributed by atoms with van der Waals surface area (Å²) in [6, 6.07) is 2.85. The van der Waals surface area contributed by atoms with Crippen LogP contribution in [0, 0.1) is 0 Å². The van der Waals surface area contributed by atoms with Crippen molar-refractivity contribution in [3.8, 4) is 23.3 Å². The van der Waals surface area contributed by atoms with Gasteiger partial charge in [-0.2, -0.15) is 0 Å². The number of aromatic carboxylic acids is 1. The molecule has 1 aromatic heterocycles. The number of carboxylic acids is 1. The summed E-state index contributed by atoms with van der Waals surface area (Å²) < 4.78 is 3.48. The molecule has 0 saturated heterocycles. The largest absolute Gasteiger partial charge is 0.857 e. The summed E-state index contributed by atoms with van der Waals surface area (Å²) in [5.74, 6) is -1.67. The molecule has 0 N–H and O–H groups in total. The second kappa shape index (κ2) is 4.65. The lowest BCUT2D eigenvalue weighted by Crippen LogP contribution is -2.34. The highest BCUT2D eigenvalue weighted by Crippen LogP contribution is 2.23. The van der Waals surface area contributed by atoms with Crippen molar-refractivity contribution >= 4 is 5.97 Å². The Balaban J connectivity index is 2.26. The quantitative estimate of drug-likeness (QED) is 0.476. The van der Waals surface area contributed by atoms with Crippen LogP contribution in [0.25, 0.3) is 17.5 Å². The van der Waals surface area contributed by atoms with Gasteiger partial charge in [0.2, 0.25) is 5.69 Å². The van der Waals surface area contributed by atoms with Gasteiger partial charge in [0.15, 0.2) is 0 Å². The molecule has 0 atom stereocenters. The molecule has 0 fully saturated rings. The molecule has 2 aliphatic rings. The maximum atomic E-state index is 12.1. The molecule has 3 rings (SSSR count). The number of aromatic nitrogens is 5. The summed E-state index contributed by atoms with van der Waals surface area (Å²) in [6.07, 6.45) is 2.80. The van der Waals surface area contributed by atoms with E-state index in [-0.39, 0.29) is 23.0 Å². The van der Waals surface area contributed by atoms with E-state index in [2.05, 4.69) is 9.97 Å². The molecule has 1 aromatic rings. The standard InChI is InChI=1S/C13H11N5O4/c1-16-9-8(10(19)17(2)13(16)22)14-12(15-9)18-5-3-4-7(6-18)11(20)21/h3-6H,1-2H3,(H-,14,15,19,20,21)/p-1. The van der Waals surface area contributed by atoms with Gasteiger partial charge in [0, 0.05) is 25.5 Å². The highest BCUT2D eigenvalue weighted by atomic mass is 16.4. The van der Waals surface area contributed by atoms with E-state index in [1.807, 2.05) is 0 Å². The van der Waals surface area contributed by atoms with Crippen LogP contribution in [0.15, 0.2) is 29.3 Å². The molecular weight excluding hydrogens is 290 g/mol. The molecular formula is C13H10N5O4-. The number of carbonyl (C=O) groups is 1. The highest BCUT2D eigenvalue weighted by Gasteiger charge is 2.27. The Morgan fingerprint density at radius 1 is 1.27 bits per heavy atom. The second-order valence-corrected chi connectivity index (χ2v) is 4.69. The minimum atomic E-state index is -1.34. The molecule has 22 heavy (non-hydrogen) atoms. The molecule has 0 unspecified atom stereocenters. The van der Waals surface area contributed by atoms with Crippen LogP contribution >= 0.6 is 0 Å². The average molecular weight is 300 g/mol. The van der Waals surface area contributed by atoms with Gasteiger partial charge in [0.05, 0.1) is 18.4 Å². The van der Waals surface area contributed by atoms with E-state index in [1.54, 1.807) is 0 Å². The lowest BCUT2D eigenvalue weighted by Gasteiger charge is -2.14. The number of hydrogen-bond acceptors (Lipinski definition) is 6. The number of carbonyl (C=O) groups excluding carboxylic acids is 1. The van der Waals surface area contributed by atoms with Crippen molar-refractivity contribution in [1.29, 1.82) is 0 Å². The average Bonchev–Trinajstić information content (AvgIpc) is 2.96. The zero-order valence-electron chi connectivity index (χ0n) is 11.7. The van der Waals surface area contributed by atoms with Crippen molar-refractivity contribution < 1.29 is 19.6 Å². The zero-order valence-corrected chi connectivity index (χ0v) is 11.7. The Bertz CT molecular complexity index is 927. The van der Waals surface area contributed by atoms with Crippen molar-refractivity contribution in [2.45, 2.75) is 0 Å². The highest BCUT2D eigenvalue weighted by molar-refractivity contribution is 5.84. The van der Waals surface area contributed by atoms with Crippen LogP contribution in [-0.4, -0.2) is 25.1 Å². The molecule has 9 heteroatoms. The van der Waals surface area contributed by atoms with Crippen molar-refractivity contribution in [3.05, 3.63) is 40.6 Å². The van der Waals surface area contributed by atoms with Gasteiger partial charge in [-0.1, -0.05) is 4.98 Å². The Labute approximate surface area is 123 Å². The number of hydrogen-bond donors (Lipinski definition) is 0. The van der Waals surface area contributed by atoms with Crippen LogP contribution in [0.3, 0.4) is 0 Å². The predicted octanol–water partition coefficient (Wildman–Crippen LogP) is -2.67. The Morgan fingerprint density at radius 2 is 2.00 bits per heavy atom. The van der Waals surface area contributed by atoms with Crippen LogP contribution in [0.1, 0.15) is 10.4 Å². The molecule has 0 aromatic carbocycles. The third-order valence-electron chi connectivity index (χ3n) is 3.30. The van der Waals surface area contributed by atoms with Gasteiger partial charge in [-0.15, -0.1) is 0 Å². The SMILES string of the molecule is Cn1c2nc(-[n+]3cccc(C(=O)[O-])c3)nc-2c([O-])n(C)c1=O. The summed E-state index contributed by atoms with van der Waals surface area (Å²) in [5.41, 5.74) is -0.540. The molecule has 0 amide bonds. The summed E-state index contributed by atoms with van der Waals surface area (Å²) in [5, 5.41) is 22.9.